The Kier molecular flexibility index (Phi) is 44.7. The van der Waals surface area contributed by atoms with Crippen LogP contribution in [0.3, 0.4) is 0 Å². The summed E-state index contributed by atoms with van der Waals surface area (Å²) < 4.78 is 16.9. The molecular formula is C79H113N13O27S3. The molecule has 1 saturated heterocycles. The minimum atomic E-state index is -1.94. The van der Waals surface area contributed by atoms with Gasteiger partial charge in [-0.05, 0) is 94.3 Å². The zero-order chi connectivity index (χ0) is 91.0. The van der Waals surface area contributed by atoms with Crippen molar-refractivity contribution in [3.05, 3.63) is 87.4 Å². The number of aryl methyl sites for hydroxylation is 1. The van der Waals surface area contributed by atoms with Crippen LogP contribution in [0.1, 0.15) is 184 Å². The molecule has 2 heterocycles. The zero-order valence-electron chi connectivity index (χ0n) is 69.6. The Bertz CT molecular complexity index is 4080. The summed E-state index contributed by atoms with van der Waals surface area (Å²) in [5.74, 6) is -19.4. The van der Waals surface area contributed by atoms with Crippen LogP contribution in [0.5, 0.6) is 0 Å². The molecule has 3 aromatic rings. The third kappa shape index (κ3) is 37.8. The molecule has 0 unspecified atom stereocenters. The number of hydrazine groups is 1. The first-order chi connectivity index (χ1) is 57.5. The van der Waals surface area contributed by atoms with E-state index in [0.717, 1.165) is 56.9 Å². The summed E-state index contributed by atoms with van der Waals surface area (Å²) >= 11 is 1.03. The lowest BCUT2D eigenvalue weighted by Gasteiger charge is -2.39. The van der Waals surface area contributed by atoms with E-state index in [1.807, 2.05) is 95.3 Å². The Morgan fingerprint density at radius 3 is 1.74 bits per heavy atom. The molecular weight excluding hydrogens is 1660 g/mol. The maximum Gasteiger partial charge on any atom is 0.426 e. The number of piperidine rings is 1. The summed E-state index contributed by atoms with van der Waals surface area (Å²) in [6, 6.07) is 0.440. The van der Waals surface area contributed by atoms with E-state index in [1.54, 1.807) is 37.3 Å². The van der Waals surface area contributed by atoms with Gasteiger partial charge in [-0.15, -0.1) is 11.3 Å². The number of thiazole rings is 1. The average Bonchev–Trinajstić information content (AvgIpc) is 1.39. The lowest BCUT2D eigenvalue weighted by Crippen LogP contribution is -2.59. The average molecular weight is 1770 g/mol. The highest BCUT2D eigenvalue weighted by Crippen LogP contribution is 2.33. The number of benzene rings is 2. The van der Waals surface area contributed by atoms with Crippen molar-refractivity contribution in [2.75, 3.05) is 38.4 Å². The summed E-state index contributed by atoms with van der Waals surface area (Å²) in [5, 5.41) is 78.0. The number of carboxylic acids is 6. The van der Waals surface area contributed by atoms with Gasteiger partial charge in [0.15, 0.2) is 12.8 Å². The van der Waals surface area contributed by atoms with Crippen molar-refractivity contribution in [3.63, 3.8) is 0 Å². The number of ether oxygens (including phenoxy) is 3. The predicted octanol–water partition coefficient (Wildman–Crippen LogP) is 3.82. The smallest absolute Gasteiger partial charge is 0.426 e. The predicted molar refractivity (Wildman–Crippen MR) is 441 cm³/mol. The third-order valence-electron chi connectivity index (χ3n) is 19.4. The van der Waals surface area contributed by atoms with Gasteiger partial charge in [0.1, 0.15) is 59.6 Å². The van der Waals surface area contributed by atoms with Crippen molar-refractivity contribution in [2.24, 2.45) is 23.7 Å². The van der Waals surface area contributed by atoms with Gasteiger partial charge in [0.25, 0.3) is 5.91 Å². The first-order valence-electron chi connectivity index (χ1n) is 39.6. The van der Waals surface area contributed by atoms with E-state index in [-0.39, 0.29) is 84.6 Å². The molecule has 0 spiro atoms. The van der Waals surface area contributed by atoms with Gasteiger partial charge in [0.05, 0.1) is 12.5 Å². The number of carbonyl (C=O) groups excluding carboxylic acids is 12. The summed E-state index contributed by atoms with van der Waals surface area (Å²) in [7, 11) is 3.82. The second-order valence-electron chi connectivity index (χ2n) is 30.2. The Labute approximate surface area is 716 Å². The molecule has 1 fully saturated rings. The maximum absolute atomic E-state index is 15.1. The van der Waals surface area contributed by atoms with E-state index in [1.165, 1.54) is 17.2 Å². The molecule has 43 heteroatoms. The fourth-order valence-corrected chi connectivity index (χ4v) is 15.4. The molecule has 122 heavy (non-hydrogen) atoms. The van der Waals surface area contributed by atoms with E-state index in [2.05, 4.69) is 47.7 Å². The normalized spacial score (nSPS) is 15.6. The van der Waals surface area contributed by atoms with Crippen molar-refractivity contribution in [2.45, 2.75) is 232 Å². The second kappa shape index (κ2) is 52.9. The molecule has 13 atom stereocenters. The number of nitrogens with zero attached hydrogens (tertiary/aromatic N) is 3. The monoisotopic (exact) mass is 1770 g/mol. The molecule has 1 aliphatic rings. The lowest BCUT2D eigenvalue weighted by molar-refractivity contribution is -0.161. The summed E-state index contributed by atoms with van der Waals surface area (Å²) in [5.41, 5.74) is 6.62. The molecule has 0 bridgehead atoms. The third-order valence-corrected chi connectivity index (χ3v) is 22.7. The fourth-order valence-electron chi connectivity index (χ4n) is 12.5. The van der Waals surface area contributed by atoms with Crippen molar-refractivity contribution in [1.29, 1.82) is 0 Å². The molecule has 40 nitrogen and oxygen atoms in total. The van der Waals surface area contributed by atoms with Crippen LogP contribution >= 0.6 is 32.9 Å². The first kappa shape index (κ1) is 103. The SMILES string of the molecule is CC[C@H](C)[C@H](NC(=O)[C@H]1CCCCN1C)C(=O)N(COC(=O)CC(C)C)[C@H](C[C@@H](OC(C)=O)c1nc(C(=O)N[C@@H](Cc2ccc(C)cc2)C[C@H](C)C(=O)NNC(=O)OCCSSC[C@@H](NC(=O)[C@H](Cc2ccccc2)NC(=O)[C@H](CC(=O)O)NC(=O)CC[C@H](NC(=O)CC[C@H](NC(=O)N[C@@H](CCC(=O)O)C(=O)O)C(=O)O)C(=O)O)C(=O)O)cs1)C(C)C. The molecule has 11 amide bonds. The quantitative estimate of drug-likeness (QED) is 0.00953. The van der Waals surface area contributed by atoms with Crippen LogP contribution in [0.15, 0.2) is 60.0 Å². The summed E-state index contributed by atoms with van der Waals surface area (Å²) in [6.45, 7) is 15.8. The molecule has 0 saturated carbocycles. The highest BCUT2D eigenvalue weighted by molar-refractivity contribution is 8.76. The van der Waals surface area contributed by atoms with E-state index >= 15 is 4.79 Å². The molecule has 0 aliphatic carbocycles. The molecule has 674 valence electrons. The Morgan fingerprint density at radius 1 is 0.607 bits per heavy atom. The van der Waals surface area contributed by atoms with Gasteiger partial charge < -0.3 is 92.3 Å². The van der Waals surface area contributed by atoms with Crippen LogP contribution in [-0.4, -0.2) is 251 Å². The largest absolute Gasteiger partial charge is 0.481 e. The number of amides is 11. The first-order valence-corrected chi connectivity index (χ1v) is 43.0. The van der Waals surface area contributed by atoms with Crippen molar-refractivity contribution >= 4 is 140 Å². The molecule has 2 aromatic carbocycles. The van der Waals surface area contributed by atoms with Gasteiger partial charge in [-0.1, -0.05) is 143 Å². The molecule has 1 aromatic heterocycles. The zero-order valence-corrected chi connectivity index (χ0v) is 72.1. The van der Waals surface area contributed by atoms with Gasteiger partial charge >= 0.3 is 59.9 Å². The van der Waals surface area contributed by atoms with Crippen LogP contribution in [0, 0.1) is 30.6 Å². The van der Waals surface area contributed by atoms with Crippen molar-refractivity contribution < 1.29 is 131 Å². The maximum atomic E-state index is 15.1. The van der Waals surface area contributed by atoms with Gasteiger partial charge in [0.2, 0.25) is 41.4 Å². The number of aromatic nitrogens is 1. The van der Waals surface area contributed by atoms with Crippen LogP contribution in [0.25, 0.3) is 0 Å². The van der Waals surface area contributed by atoms with Gasteiger partial charge in [-0.25, -0.2) is 39.2 Å². The van der Waals surface area contributed by atoms with Crippen LogP contribution in [0.2, 0.25) is 0 Å². The number of likely N-dealkylation sites (tertiary alicyclic amines) is 1. The summed E-state index contributed by atoms with van der Waals surface area (Å²) in [6.07, 6.45) is -4.61. The number of hydrogen-bond donors (Lipinski definition) is 16. The Balaban J connectivity index is 1.37. The molecule has 1 aliphatic heterocycles. The van der Waals surface area contributed by atoms with E-state index < -0.39 is 225 Å². The van der Waals surface area contributed by atoms with E-state index in [4.69, 9.17) is 19.3 Å². The number of hydrogen-bond acceptors (Lipinski definition) is 26. The lowest BCUT2D eigenvalue weighted by atomic mass is 9.92. The second-order valence-corrected chi connectivity index (χ2v) is 33.7. The number of rotatable bonds is 53. The van der Waals surface area contributed by atoms with Crippen molar-refractivity contribution in [1.82, 2.24) is 68.2 Å². The Hall–Kier alpha value is -11.2. The number of carbonyl (C=O) groups is 18. The molecule has 16 N–H and O–H groups in total. The van der Waals surface area contributed by atoms with Gasteiger partial charge in [-0.2, -0.15) is 0 Å². The van der Waals surface area contributed by atoms with E-state index in [9.17, 15) is 107 Å². The number of nitrogens with one attached hydrogen (secondary N) is 10. The number of aliphatic carboxylic acids is 6. The molecule has 0 radical (unpaired) electrons. The Morgan fingerprint density at radius 2 is 1.18 bits per heavy atom. The van der Waals surface area contributed by atoms with Crippen molar-refractivity contribution in [3.8, 4) is 0 Å². The van der Waals surface area contributed by atoms with Gasteiger partial charge in [0, 0.05) is 80.3 Å². The number of urea groups is 1. The standard InChI is InChI=1S/C79H113N13O27S3/c1-11-45(7)66(88-71(105)58-19-15-16-30-91(58)10)73(106)92(41-118-65(100)33-42(2)3)59(43(4)5)38-60(119-47(9)93)72-85-56(39-120-72)70(104)80-50(35-49-22-20-44(6)21-23-49)34-46(8)67(101)89-90-79(116)117-31-32-121-122-40-57(77(113)114)84-68(102)54(36-48-17-13-12-14-18-48)83-69(103)55(37-64(98)99)82-62(95)27-24-51(74(107)108)81-61(94)28-25-52(75(109)110)86-78(115)87-53(76(111)112)26-29-63(96)97/h12-14,17-18,20-23,39,42-43,45-46,50-55,57-60,66H,11,15-16,19,24-38,40-41H2,1-10H3,(H,80,104)(H,81,94)(H,82,95)(H,83,103)(H,84,102)(H,88,105)(H,89,101)(H,90,116)(H,96,97)(H,98,99)(H,107,108)(H,109,110)(H,111,112)(H,113,114)(H2,86,87,115)/t45-,46-,50+,51-,52-,53-,54-,55-,57+,58+,59+,60+,66-/m0/s1. The highest BCUT2D eigenvalue weighted by Gasteiger charge is 2.41. The van der Waals surface area contributed by atoms with Crippen LogP contribution < -0.4 is 53.4 Å². The number of carboxylic acid groups (broad SMARTS) is 6. The number of esters is 2. The van der Waals surface area contributed by atoms with Gasteiger partial charge in [-0.3, -0.25) is 67.9 Å². The van der Waals surface area contributed by atoms with E-state index in [0.29, 0.717) is 24.9 Å². The number of likely N-dealkylation sites (N-methyl/N-ethyl adjacent to an activating group) is 1. The topological polar surface area (TPSA) is 596 Å². The minimum absolute atomic E-state index is 0.0189. The van der Waals surface area contributed by atoms with Crippen LogP contribution in [-0.2, 0) is 99.0 Å². The highest BCUT2D eigenvalue weighted by atomic mass is 33.1. The summed E-state index contributed by atoms with van der Waals surface area (Å²) in [4.78, 5) is 241. The molecule has 4 rings (SSSR count). The van der Waals surface area contributed by atoms with Crippen LogP contribution in [0.4, 0.5) is 9.59 Å². The fraction of sp³-hybridized carbons (Fsp3) is 0.582. The minimum Gasteiger partial charge on any atom is -0.481 e.